The number of anilines is 2. The molecule has 12 heteroatoms. The molecule has 0 spiro atoms. The van der Waals surface area contributed by atoms with Crippen molar-refractivity contribution in [3.63, 3.8) is 0 Å². The van der Waals surface area contributed by atoms with Gasteiger partial charge >= 0.3 is 7.60 Å². The molecule has 3 aromatic rings. The molecule has 0 unspecified atom stereocenters. The van der Waals surface area contributed by atoms with Crippen LogP contribution in [0.15, 0.2) is 16.8 Å². The van der Waals surface area contributed by atoms with E-state index in [4.69, 9.17) is 25.3 Å². The van der Waals surface area contributed by atoms with E-state index in [1.54, 1.807) is 39.0 Å². The molecule has 3 rings (SSSR count). The van der Waals surface area contributed by atoms with Crippen molar-refractivity contribution < 1.29 is 18.3 Å². The monoisotopic (exact) mass is 454 g/mol. The fourth-order valence-corrected chi connectivity index (χ4v) is 5.37. The van der Waals surface area contributed by atoms with Crippen LogP contribution in [-0.4, -0.2) is 44.7 Å². The van der Waals surface area contributed by atoms with Gasteiger partial charge in [-0.25, -0.2) is 4.98 Å². The number of nitrogen functional groups attached to an aromatic ring is 2. The van der Waals surface area contributed by atoms with Crippen LogP contribution in [0.25, 0.3) is 22.6 Å². The van der Waals surface area contributed by atoms with E-state index in [-0.39, 0.29) is 36.9 Å². The third-order valence-electron chi connectivity index (χ3n) is 3.87. The molecule has 164 valence electrons. The number of nitrogens with two attached hydrogens (primary N) is 2. The lowest BCUT2D eigenvalue weighted by Crippen LogP contribution is -2.14. The molecule has 10 nitrogen and oxygen atoms in total. The minimum atomic E-state index is -3.37. The summed E-state index contributed by atoms with van der Waals surface area (Å²) < 4.78 is 31.5. The summed E-state index contributed by atoms with van der Waals surface area (Å²) in [6, 6.07) is 1.96. The largest absolute Gasteiger partial charge is 0.382 e. The van der Waals surface area contributed by atoms with Gasteiger partial charge in [-0.05, 0) is 39.1 Å². The average molecular weight is 454 g/mol. The summed E-state index contributed by atoms with van der Waals surface area (Å²) in [6.45, 7) is 7.83. The van der Waals surface area contributed by atoms with Gasteiger partial charge in [0.2, 0.25) is 5.95 Å². The highest BCUT2D eigenvalue weighted by atomic mass is 32.1. The molecule has 3 heterocycles. The molecular weight excluding hydrogens is 427 g/mol. The SMILES string of the molecule is CC(C)OP(=O)(COCCn1c(-c2ccsc2)nc2c(N)nc(N)nc21)OC(C)C. The van der Waals surface area contributed by atoms with Crippen molar-refractivity contribution in [3.8, 4) is 11.4 Å². The van der Waals surface area contributed by atoms with E-state index in [1.807, 2.05) is 21.4 Å². The molecule has 4 N–H and O–H groups in total. The molecule has 30 heavy (non-hydrogen) atoms. The van der Waals surface area contributed by atoms with E-state index in [0.717, 1.165) is 5.56 Å². The summed E-state index contributed by atoms with van der Waals surface area (Å²) >= 11 is 1.56. The maximum atomic E-state index is 12.9. The third-order valence-corrected chi connectivity index (χ3v) is 6.54. The van der Waals surface area contributed by atoms with Crippen molar-refractivity contribution in [3.05, 3.63) is 16.8 Å². The quantitative estimate of drug-likeness (QED) is 0.346. The van der Waals surface area contributed by atoms with Crippen molar-refractivity contribution in [1.29, 1.82) is 0 Å². The lowest BCUT2D eigenvalue weighted by Gasteiger charge is -2.22. The van der Waals surface area contributed by atoms with Gasteiger partial charge in [0.25, 0.3) is 0 Å². The lowest BCUT2D eigenvalue weighted by molar-refractivity contribution is 0.0962. The smallest absolute Gasteiger partial charge is 0.356 e. The molecule has 0 aromatic carbocycles. The fraction of sp³-hybridized carbons (Fsp3) is 0.500. The predicted molar refractivity (Wildman–Crippen MR) is 118 cm³/mol. The standard InChI is InChI=1S/C18H27N6O4PS/c1-11(2)27-29(25,28-12(3)4)10-26-7-6-24-16(13-5-8-30-9-13)21-14-15(19)22-18(20)23-17(14)24/h5,8-9,11-12H,6-7,10H2,1-4H3,(H4,19,20,22,23). The highest BCUT2D eigenvalue weighted by molar-refractivity contribution is 7.53. The third kappa shape index (κ3) is 5.35. The van der Waals surface area contributed by atoms with Gasteiger partial charge in [-0.1, -0.05) is 0 Å². The molecule has 3 aromatic heterocycles. The number of rotatable bonds is 10. The average Bonchev–Trinajstić information content (AvgIpc) is 3.25. The first-order valence-corrected chi connectivity index (χ1v) is 12.2. The van der Waals surface area contributed by atoms with Crippen LogP contribution in [0.3, 0.4) is 0 Å². The van der Waals surface area contributed by atoms with E-state index < -0.39 is 7.60 Å². The van der Waals surface area contributed by atoms with Crippen LogP contribution in [0.1, 0.15) is 27.7 Å². The topological polar surface area (TPSA) is 140 Å². The van der Waals surface area contributed by atoms with Gasteiger partial charge in [-0.15, -0.1) is 0 Å². The second kappa shape index (κ2) is 9.40. The Morgan fingerprint density at radius 3 is 2.43 bits per heavy atom. The van der Waals surface area contributed by atoms with Crippen molar-refractivity contribution in [2.75, 3.05) is 24.4 Å². The van der Waals surface area contributed by atoms with Crippen LogP contribution < -0.4 is 11.5 Å². The number of hydrogen-bond donors (Lipinski definition) is 2. The molecule has 0 saturated carbocycles. The molecule has 0 aliphatic rings. The molecule has 0 atom stereocenters. The maximum Gasteiger partial charge on any atom is 0.356 e. The second-order valence-electron chi connectivity index (χ2n) is 7.19. The van der Waals surface area contributed by atoms with Gasteiger partial charge in [0, 0.05) is 17.5 Å². The Morgan fingerprint density at radius 2 is 1.83 bits per heavy atom. The molecule has 0 fully saturated rings. The first-order valence-electron chi connectivity index (χ1n) is 9.54. The number of aromatic nitrogens is 4. The summed E-state index contributed by atoms with van der Waals surface area (Å²) in [5.74, 6) is 0.967. The molecule has 0 radical (unpaired) electrons. The number of hydrogen-bond acceptors (Lipinski definition) is 10. The zero-order chi connectivity index (χ0) is 21.9. The van der Waals surface area contributed by atoms with Crippen molar-refractivity contribution >= 4 is 41.9 Å². The molecule has 0 saturated heterocycles. The van der Waals surface area contributed by atoms with Gasteiger partial charge in [0.1, 0.15) is 12.2 Å². The Bertz CT molecular complexity index is 1020. The van der Waals surface area contributed by atoms with Crippen LogP contribution in [0.5, 0.6) is 0 Å². The zero-order valence-corrected chi connectivity index (χ0v) is 19.2. The minimum absolute atomic E-state index is 0.0686. The van der Waals surface area contributed by atoms with Gasteiger partial charge in [-0.2, -0.15) is 21.3 Å². The second-order valence-corrected chi connectivity index (χ2v) is 9.88. The number of fused-ring (bicyclic) bond motifs is 1. The van der Waals surface area contributed by atoms with Crippen LogP contribution >= 0.6 is 18.9 Å². The first kappa shape index (κ1) is 22.6. The Kier molecular flexibility index (Phi) is 7.10. The van der Waals surface area contributed by atoms with Crippen LogP contribution in [-0.2, 0) is 24.9 Å². The minimum Gasteiger partial charge on any atom is -0.382 e. The highest BCUT2D eigenvalue weighted by Crippen LogP contribution is 2.50. The van der Waals surface area contributed by atoms with Crippen LogP contribution in [0.4, 0.5) is 11.8 Å². The predicted octanol–water partition coefficient (Wildman–Crippen LogP) is 3.74. The Labute approximate surface area is 179 Å². The van der Waals surface area contributed by atoms with E-state index in [0.29, 0.717) is 23.5 Å². The highest BCUT2D eigenvalue weighted by Gasteiger charge is 2.28. The maximum absolute atomic E-state index is 12.9. The van der Waals surface area contributed by atoms with Crippen LogP contribution in [0.2, 0.25) is 0 Å². The summed E-state index contributed by atoms with van der Waals surface area (Å²) in [5, 5.41) is 3.94. The number of thiophene rings is 1. The van der Waals surface area contributed by atoms with Gasteiger partial charge in [0.15, 0.2) is 17.0 Å². The summed E-state index contributed by atoms with van der Waals surface area (Å²) in [4.78, 5) is 12.9. The summed E-state index contributed by atoms with van der Waals surface area (Å²) in [7, 11) is -3.37. The lowest BCUT2D eigenvalue weighted by atomic mass is 10.3. The Balaban J connectivity index is 1.80. The van der Waals surface area contributed by atoms with E-state index >= 15 is 0 Å². The number of imidazole rings is 1. The molecule has 0 amide bonds. The van der Waals surface area contributed by atoms with Crippen LogP contribution in [0, 0.1) is 0 Å². The van der Waals surface area contributed by atoms with Gasteiger partial charge < -0.3 is 29.8 Å². The Hall–Kier alpha value is -2.04. The molecule has 0 aliphatic heterocycles. The van der Waals surface area contributed by atoms with Gasteiger partial charge in [0.05, 0.1) is 18.8 Å². The first-order chi connectivity index (χ1) is 14.2. The van der Waals surface area contributed by atoms with E-state index in [9.17, 15) is 4.57 Å². The van der Waals surface area contributed by atoms with Gasteiger partial charge in [-0.3, -0.25) is 4.57 Å². The molecular formula is C18H27N6O4PS. The van der Waals surface area contributed by atoms with E-state index in [2.05, 4.69) is 15.0 Å². The normalized spacial score (nSPS) is 12.5. The van der Waals surface area contributed by atoms with E-state index in [1.165, 1.54) is 0 Å². The van der Waals surface area contributed by atoms with Crippen molar-refractivity contribution in [2.45, 2.75) is 46.4 Å². The van der Waals surface area contributed by atoms with Crippen molar-refractivity contribution in [2.24, 2.45) is 0 Å². The van der Waals surface area contributed by atoms with Crippen molar-refractivity contribution in [1.82, 2.24) is 19.5 Å². The zero-order valence-electron chi connectivity index (χ0n) is 17.4. The Morgan fingerprint density at radius 1 is 1.13 bits per heavy atom. The molecule has 0 aliphatic carbocycles. The fourth-order valence-electron chi connectivity index (χ4n) is 2.92. The number of ether oxygens (including phenoxy) is 1. The summed E-state index contributed by atoms with van der Waals surface area (Å²) in [6.07, 6.45) is -0.643. The molecule has 0 bridgehead atoms. The number of nitrogens with zero attached hydrogens (tertiary/aromatic N) is 4. The summed E-state index contributed by atoms with van der Waals surface area (Å²) in [5.41, 5.74) is 13.7.